The van der Waals surface area contributed by atoms with Gasteiger partial charge < -0.3 is 14.6 Å². The van der Waals surface area contributed by atoms with E-state index >= 15 is 0 Å². The summed E-state index contributed by atoms with van der Waals surface area (Å²) in [6.45, 7) is 2.39. The van der Waals surface area contributed by atoms with Crippen LogP contribution < -0.4 is 9.47 Å². The summed E-state index contributed by atoms with van der Waals surface area (Å²) in [4.78, 5) is 0. The van der Waals surface area contributed by atoms with E-state index in [1.54, 1.807) is 7.11 Å². The maximum Gasteiger partial charge on any atom is 0.165 e. The van der Waals surface area contributed by atoms with E-state index in [4.69, 9.17) is 9.47 Å². The maximum absolute atomic E-state index is 10.6. The molecule has 1 N–H and O–H groups in total. The first kappa shape index (κ1) is 13.0. The summed E-state index contributed by atoms with van der Waals surface area (Å²) >= 11 is 0. The molecule has 1 aromatic rings. The van der Waals surface area contributed by atoms with Crippen molar-refractivity contribution < 1.29 is 14.6 Å². The molecule has 6 atom stereocenters. The first-order valence-electron chi connectivity index (χ1n) is 8.40. The van der Waals surface area contributed by atoms with Gasteiger partial charge in [-0.1, -0.05) is 25.1 Å². The molecule has 0 aromatic heterocycles. The minimum absolute atomic E-state index is 0.0389. The molecule has 4 aliphatic rings. The molecule has 22 heavy (non-hydrogen) atoms. The minimum Gasteiger partial charge on any atom is -0.493 e. The van der Waals surface area contributed by atoms with Gasteiger partial charge in [-0.05, 0) is 48.6 Å². The lowest BCUT2D eigenvalue weighted by atomic mass is 9.48. The topological polar surface area (TPSA) is 38.7 Å². The van der Waals surface area contributed by atoms with Crippen LogP contribution in [0.5, 0.6) is 11.5 Å². The Hall–Kier alpha value is -1.48. The summed E-state index contributed by atoms with van der Waals surface area (Å²) in [5.74, 6) is 3.59. The summed E-state index contributed by atoms with van der Waals surface area (Å²) in [6, 6.07) is 4.25. The van der Waals surface area contributed by atoms with Crippen molar-refractivity contribution in [2.45, 2.75) is 43.8 Å². The first-order chi connectivity index (χ1) is 10.7. The molecule has 1 aliphatic heterocycles. The van der Waals surface area contributed by atoms with Crippen LogP contribution in [0.15, 0.2) is 24.3 Å². The molecule has 4 unspecified atom stereocenters. The Morgan fingerprint density at radius 3 is 3.00 bits per heavy atom. The third-order valence-electron chi connectivity index (χ3n) is 6.73. The Morgan fingerprint density at radius 1 is 1.32 bits per heavy atom. The predicted octanol–water partition coefficient (Wildman–Crippen LogP) is 2.84. The molecular formula is C19H22O3. The van der Waals surface area contributed by atoms with Gasteiger partial charge in [0.1, 0.15) is 12.2 Å². The van der Waals surface area contributed by atoms with Crippen molar-refractivity contribution >= 4 is 0 Å². The summed E-state index contributed by atoms with van der Waals surface area (Å²) in [7, 11) is 1.70. The number of allylic oxidation sites excluding steroid dienone is 1. The third-order valence-corrected chi connectivity index (χ3v) is 6.73. The zero-order valence-electron chi connectivity index (χ0n) is 13.1. The molecule has 5 rings (SSSR count). The second-order valence-corrected chi connectivity index (χ2v) is 7.50. The van der Waals surface area contributed by atoms with Gasteiger partial charge in [-0.3, -0.25) is 0 Å². The van der Waals surface area contributed by atoms with E-state index in [0.29, 0.717) is 11.8 Å². The Morgan fingerprint density at radius 2 is 2.18 bits per heavy atom. The van der Waals surface area contributed by atoms with E-state index in [1.165, 1.54) is 17.5 Å². The highest BCUT2D eigenvalue weighted by Crippen LogP contribution is 2.65. The largest absolute Gasteiger partial charge is 0.493 e. The molecule has 2 bridgehead atoms. The average molecular weight is 298 g/mol. The standard InChI is InChI=1S/C19H22O3/c1-10-7-8-19-13-4-5-14(20)18(19)22-17-15(21-2)6-3-11(16(17)19)9-12(10)13/h3-6,10,12-14,18,20H,7-9H2,1-2H3/t10?,12-,13?,14?,18?,19-/m0/s1. The van der Waals surface area contributed by atoms with Gasteiger partial charge >= 0.3 is 0 Å². The number of hydrogen-bond acceptors (Lipinski definition) is 3. The van der Waals surface area contributed by atoms with Gasteiger partial charge in [0, 0.05) is 11.0 Å². The van der Waals surface area contributed by atoms with Gasteiger partial charge in [-0.15, -0.1) is 0 Å². The van der Waals surface area contributed by atoms with Crippen molar-refractivity contribution in [3.63, 3.8) is 0 Å². The molecule has 0 amide bonds. The minimum atomic E-state index is -0.520. The van der Waals surface area contributed by atoms with Gasteiger partial charge in [0.2, 0.25) is 0 Å². The van der Waals surface area contributed by atoms with Crippen LogP contribution in [0.3, 0.4) is 0 Å². The smallest absolute Gasteiger partial charge is 0.165 e. The van der Waals surface area contributed by atoms with Crippen molar-refractivity contribution in [3.8, 4) is 11.5 Å². The average Bonchev–Trinajstić information content (AvgIpc) is 2.88. The van der Waals surface area contributed by atoms with E-state index in [2.05, 4.69) is 19.1 Å². The lowest BCUT2D eigenvalue weighted by Gasteiger charge is -2.55. The zero-order chi connectivity index (χ0) is 15.1. The highest BCUT2D eigenvalue weighted by atomic mass is 16.5. The third kappa shape index (κ3) is 1.28. The Balaban J connectivity index is 1.82. The fourth-order valence-corrected chi connectivity index (χ4v) is 5.75. The Kier molecular flexibility index (Phi) is 2.41. The van der Waals surface area contributed by atoms with Gasteiger partial charge in [0.25, 0.3) is 0 Å². The summed E-state index contributed by atoms with van der Waals surface area (Å²) < 4.78 is 11.9. The fraction of sp³-hybridized carbons (Fsp3) is 0.579. The van der Waals surface area contributed by atoms with Crippen LogP contribution in [0.2, 0.25) is 0 Å². The molecule has 0 radical (unpaired) electrons. The molecule has 3 heteroatoms. The predicted molar refractivity (Wildman–Crippen MR) is 83.3 cm³/mol. The normalized spacial score (nSPS) is 43.5. The quantitative estimate of drug-likeness (QED) is 0.810. The molecule has 3 aliphatic carbocycles. The van der Waals surface area contributed by atoms with Crippen molar-refractivity contribution in [1.29, 1.82) is 0 Å². The number of ether oxygens (including phenoxy) is 2. The van der Waals surface area contributed by atoms with E-state index in [9.17, 15) is 5.11 Å². The summed E-state index contributed by atoms with van der Waals surface area (Å²) in [5.41, 5.74) is 2.71. The molecule has 1 aromatic carbocycles. The summed E-state index contributed by atoms with van der Waals surface area (Å²) in [6.07, 6.45) is 7.02. The van der Waals surface area contributed by atoms with Gasteiger partial charge in [-0.2, -0.15) is 0 Å². The van der Waals surface area contributed by atoms with Gasteiger partial charge in [-0.25, -0.2) is 0 Å². The SMILES string of the molecule is COc1ccc2c3c1OC1C(O)C=CC4[C@@H](C2)C(C)CC[C@]314. The molecule has 0 saturated heterocycles. The van der Waals surface area contributed by atoms with Crippen LogP contribution >= 0.6 is 0 Å². The number of aliphatic hydroxyl groups is 1. The van der Waals surface area contributed by atoms with Crippen LogP contribution in [0.4, 0.5) is 0 Å². The van der Waals surface area contributed by atoms with Crippen LogP contribution in [0.25, 0.3) is 0 Å². The summed E-state index contributed by atoms with van der Waals surface area (Å²) in [5, 5.41) is 10.6. The highest BCUT2D eigenvalue weighted by Gasteiger charge is 2.64. The zero-order valence-corrected chi connectivity index (χ0v) is 13.1. The molecular weight excluding hydrogens is 276 g/mol. The van der Waals surface area contributed by atoms with E-state index in [-0.39, 0.29) is 11.5 Å². The molecule has 1 spiro atoms. The van der Waals surface area contributed by atoms with Crippen molar-refractivity contribution in [3.05, 3.63) is 35.4 Å². The van der Waals surface area contributed by atoms with Gasteiger partial charge in [0.15, 0.2) is 11.5 Å². The number of aliphatic hydroxyl groups excluding tert-OH is 1. The number of hydrogen-bond donors (Lipinski definition) is 1. The Bertz CT molecular complexity index is 680. The number of methoxy groups -OCH3 is 1. The van der Waals surface area contributed by atoms with Crippen LogP contribution in [-0.4, -0.2) is 24.4 Å². The van der Waals surface area contributed by atoms with E-state index in [0.717, 1.165) is 30.3 Å². The van der Waals surface area contributed by atoms with Crippen molar-refractivity contribution in [1.82, 2.24) is 0 Å². The lowest BCUT2D eigenvalue weighted by Crippen LogP contribution is -2.59. The molecule has 1 saturated carbocycles. The van der Waals surface area contributed by atoms with Crippen molar-refractivity contribution in [2.24, 2.45) is 17.8 Å². The van der Waals surface area contributed by atoms with Crippen LogP contribution in [-0.2, 0) is 11.8 Å². The van der Waals surface area contributed by atoms with Crippen molar-refractivity contribution in [2.75, 3.05) is 7.11 Å². The van der Waals surface area contributed by atoms with Gasteiger partial charge in [0.05, 0.1) is 7.11 Å². The monoisotopic (exact) mass is 298 g/mol. The maximum atomic E-state index is 10.6. The van der Waals surface area contributed by atoms with Crippen LogP contribution in [0, 0.1) is 17.8 Å². The highest BCUT2D eigenvalue weighted by molar-refractivity contribution is 5.61. The fourth-order valence-electron chi connectivity index (χ4n) is 5.75. The Labute approximate surface area is 130 Å². The second-order valence-electron chi connectivity index (χ2n) is 7.50. The second kappa shape index (κ2) is 4.08. The molecule has 1 heterocycles. The number of benzene rings is 1. The van der Waals surface area contributed by atoms with E-state index < -0.39 is 6.10 Å². The lowest BCUT2D eigenvalue weighted by molar-refractivity contribution is -0.0401. The van der Waals surface area contributed by atoms with Crippen LogP contribution in [0.1, 0.15) is 30.9 Å². The molecule has 1 fully saturated rings. The number of rotatable bonds is 1. The van der Waals surface area contributed by atoms with E-state index in [1.807, 2.05) is 12.1 Å². The molecule has 3 nitrogen and oxygen atoms in total. The molecule has 116 valence electrons. The first-order valence-corrected chi connectivity index (χ1v) is 8.40.